The van der Waals surface area contributed by atoms with Gasteiger partial charge < -0.3 is 0 Å². The van der Waals surface area contributed by atoms with Crippen LogP contribution in [0.15, 0.2) is 36.7 Å². The van der Waals surface area contributed by atoms with Crippen LogP contribution in [0, 0.1) is 5.92 Å². The molecule has 96 valence electrons. The molecule has 0 unspecified atom stereocenters. The molecule has 0 bridgehead atoms. The second kappa shape index (κ2) is 4.51. The van der Waals surface area contributed by atoms with Gasteiger partial charge in [-0.25, -0.2) is 0 Å². The van der Waals surface area contributed by atoms with Crippen molar-refractivity contribution in [3.05, 3.63) is 42.2 Å². The van der Waals surface area contributed by atoms with Crippen molar-refractivity contribution >= 4 is 0 Å². The molecule has 2 atom stereocenters. The van der Waals surface area contributed by atoms with E-state index in [0.29, 0.717) is 5.54 Å². The molecule has 2 heteroatoms. The Kier molecular flexibility index (Phi) is 2.98. The molecule has 0 radical (unpaired) electrons. The van der Waals surface area contributed by atoms with Crippen molar-refractivity contribution in [3.63, 3.8) is 0 Å². The molecule has 3 rings (SSSR count). The maximum absolute atomic E-state index is 4.33. The lowest BCUT2D eigenvalue weighted by Gasteiger charge is -2.50. The van der Waals surface area contributed by atoms with Gasteiger partial charge in [-0.2, -0.15) is 0 Å². The summed E-state index contributed by atoms with van der Waals surface area (Å²) in [7, 11) is 0. The van der Waals surface area contributed by atoms with Crippen molar-refractivity contribution in [1.82, 2.24) is 9.88 Å². The molecular weight excluding hydrogens is 220 g/mol. The number of nitrogens with zero attached hydrogens (tertiary/aromatic N) is 2. The van der Waals surface area contributed by atoms with Gasteiger partial charge in [-0.15, -0.1) is 6.58 Å². The largest absolute Gasteiger partial charge is 0.293 e. The minimum absolute atomic E-state index is 0.309. The van der Waals surface area contributed by atoms with Gasteiger partial charge in [-0.05, 0) is 56.7 Å². The van der Waals surface area contributed by atoms with E-state index < -0.39 is 0 Å². The molecule has 0 aromatic carbocycles. The van der Waals surface area contributed by atoms with Gasteiger partial charge in [-0.3, -0.25) is 9.88 Å². The zero-order valence-electron chi connectivity index (χ0n) is 11.2. The topological polar surface area (TPSA) is 16.1 Å². The first kappa shape index (κ1) is 11.9. The van der Waals surface area contributed by atoms with Crippen LogP contribution in [-0.2, 0) is 5.54 Å². The van der Waals surface area contributed by atoms with E-state index in [0.717, 1.165) is 18.9 Å². The number of hydrogen-bond donors (Lipinski definition) is 0. The predicted molar refractivity (Wildman–Crippen MR) is 74.3 cm³/mol. The van der Waals surface area contributed by atoms with Gasteiger partial charge in [-0.1, -0.05) is 11.6 Å². The number of likely N-dealkylation sites (tertiary alicyclic amines) is 1. The Morgan fingerprint density at radius 2 is 2.44 bits per heavy atom. The van der Waals surface area contributed by atoms with E-state index >= 15 is 0 Å². The minimum atomic E-state index is 0.309. The normalized spacial score (nSPS) is 30.8. The van der Waals surface area contributed by atoms with Crippen molar-refractivity contribution < 1.29 is 0 Å². The fourth-order valence-electron chi connectivity index (χ4n) is 3.75. The zero-order valence-corrected chi connectivity index (χ0v) is 11.2. The van der Waals surface area contributed by atoms with Crippen LogP contribution >= 0.6 is 0 Å². The average Bonchev–Trinajstić information content (AvgIpc) is 2.59. The highest BCUT2D eigenvalue weighted by atomic mass is 15.2. The summed E-state index contributed by atoms with van der Waals surface area (Å²) in [6, 6.07) is 4.34. The summed E-state index contributed by atoms with van der Waals surface area (Å²) in [5.74, 6) is 0.854. The van der Waals surface area contributed by atoms with Gasteiger partial charge in [0.05, 0.1) is 5.54 Å². The molecule has 0 amide bonds. The molecule has 1 aliphatic heterocycles. The highest BCUT2D eigenvalue weighted by molar-refractivity contribution is 5.28. The first-order chi connectivity index (χ1) is 8.73. The lowest BCUT2D eigenvalue weighted by Crippen LogP contribution is -2.51. The molecule has 1 aromatic rings. The van der Waals surface area contributed by atoms with Crippen LogP contribution in [0.1, 0.15) is 38.2 Å². The quantitative estimate of drug-likeness (QED) is 0.753. The first-order valence-corrected chi connectivity index (χ1v) is 7.03. The van der Waals surface area contributed by atoms with Crippen LogP contribution in [0.3, 0.4) is 0 Å². The Hall–Kier alpha value is -1.15. The van der Waals surface area contributed by atoms with E-state index in [1.165, 1.54) is 36.9 Å². The van der Waals surface area contributed by atoms with Crippen molar-refractivity contribution in [2.45, 2.75) is 38.1 Å². The fourth-order valence-corrected chi connectivity index (χ4v) is 3.75. The van der Waals surface area contributed by atoms with Crippen molar-refractivity contribution in [3.8, 4) is 0 Å². The number of pyridine rings is 1. The Bertz CT molecular complexity index is 440. The Morgan fingerprint density at radius 1 is 1.56 bits per heavy atom. The van der Waals surface area contributed by atoms with Gasteiger partial charge in [0.1, 0.15) is 0 Å². The van der Waals surface area contributed by atoms with Crippen LogP contribution < -0.4 is 0 Å². The summed E-state index contributed by atoms with van der Waals surface area (Å²) >= 11 is 0. The number of rotatable bonds is 4. The lowest BCUT2D eigenvalue weighted by molar-refractivity contribution is 0.0148. The SMILES string of the molecule is C=C(C)CCN1CC[C@@H]2CC[C@@]21c1cccnc1. The number of aromatic nitrogens is 1. The van der Waals surface area contributed by atoms with E-state index in [1.54, 1.807) is 0 Å². The zero-order chi connectivity index (χ0) is 12.6. The van der Waals surface area contributed by atoms with Crippen LogP contribution in [0.4, 0.5) is 0 Å². The smallest absolute Gasteiger partial charge is 0.0504 e. The molecule has 1 saturated carbocycles. The van der Waals surface area contributed by atoms with Gasteiger partial charge in [0, 0.05) is 18.9 Å². The maximum Gasteiger partial charge on any atom is 0.0504 e. The van der Waals surface area contributed by atoms with Crippen molar-refractivity contribution in [2.24, 2.45) is 5.92 Å². The van der Waals surface area contributed by atoms with Crippen molar-refractivity contribution in [2.75, 3.05) is 13.1 Å². The second-order valence-corrected chi connectivity index (χ2v) is 5.88. The summed E-state index contributed by atoms with van der Waals surface area (Å²) < 4.78 is 0. The molecule has 0 spiro atoms. The van der Waals surface area contributed by atoms with E-state index in [1.807, 2.05) is 6.20 Å². The molecule has 0 N–H and O–H groups in total. The summed E-state index contributed by atoms with van der Waals surface area (Å²) in [5.41, 5.74) is 3.03. The molecule has 1 aliphatic carbocycles. The Balaban J connectivity index is 1.85. The first-order valence-electron chi connectivity index (χ1n) is 7.03. The molecular formula is C16H22N2. The molecule has 18 heavy (non-hydrogen) atoms. The molecule has 2 heterocycles. The third kappa shape index (κ3) is 1.71. The van der Waals surface area contributed by atoms with Crippen LogP contribution in [-0.4, -0.2) is 23.0 Å². The van der Waals surface area contributed by atoms with Gasteiger partial charge in [0.15, 0.2) is 0 Å². The van der Waals surface area contributed by atoms with Gasteiger partial charge >= 0.3 is 0 Å². The summed E-state index contributed by atoms with van der Waals surface area (Å²) in [4.78, 5) is 7.02. The number of hydrogen-bond acceptors (Lipinski definition) is 2. The fraction of sp³-hybridized carbons (Fsp3) is 0.562. The molecule has 1 aromatic heterocycles. The maximum atomic E-state index is 4.33. The van der Waals surface area contributed by atoms with E-state index in [-0.39, 0.29) is 0 Å². The Morgan fingerprint density at radius 3 is 3.06 bits per heavy atom. The third-order valence-corrected chi connectivity index (χ3v) is 4.83. The Labute approximate surface area is 110 Å². The predicted octanol–water partition coefficient (Wildman–Crippen LogP) is 3.36. The monoisotopic (exact) mass is 242 g/mol. The third-order valence-electron chi connectivity index (χ3n) is 4.83. The second-order valence-electron chi connectivity index (χ2n) is 5.88. The molecule has 1 saturated heterocycles. The van der Waals surface area contributed by atoms with Crippen LogP contribution in [0.5, 0.6) is 0 Å². The van der Waals surface area contributed by atoms with Gasteiger partial charge in [0.2, 0.25) is 0 Å². The van der Waals surface area contributed by atoms with Crippen LogP contribution in [0.25, 0.3) is 0 Å². The molecule has 2 fully saturated rings. The highest BCUT2D eigenvalue weighted by Gasteiger charge is 2.55. The van der Waals surface area contributed by atoms with E-state index in [2.05, 4.69) is 41.7 Å². The lowest BCUT2D eigenvalue weighted by atomic mass is 9.64. The standard InChI is InChI=1S/C16H22N2/c1-13(2)6-10-18-11-7-14-5-8-16(14,18)15-4-3-9-17-12-15/h3-4,9,12,14H,1,5-8,10-11H2,2H3/t14-,16-/m0/s1. The molecule has 2 aliphatic rings. The van der Waals surface area contributed by atoms with E-state index in [4.69, 9.17) is 0 Å². The van der Waals surface area contributed by atoms with E-state index in [9.17, 15) is 0 Å². The summed E-state index contributed by atoms with van der Waals surface area (Å²) in [6.07, 6.45) is 9.12. The molecule has 2 nitrogen and oxygen atoms in total. The number of fused-ring (bicyclic) bond motifs is 1. The average molecular weight is 242 g/mol. The summed E-state index contributed by atoms with van der Waals surface area (Å²) in [6.45, 7) is 8.56. The van der Waals surface area contributed by atoms with Crippen molar-refractivity contribution in [1.29, 1.82) is 0 Å². The summed E-state index contributed by atoms with van der Waals surface area (Å²) in [5, 5.41) is 0. The van der Waals surface area contributed by atoms with Crippen LogP contribution in [0.2, 0.25) is 0 Å². The minimum Gasteiger partial charge on any atom is -0.293 e. The highest BCUT2D eigenvalue weighted by Crippen LogP contribution is 2.56. The van der Waals surface area contributed by atoms with Gasteiger partial charge in [0.25, 0.3) is 0 Å².